The van der Waals surface area contributed by atoms with Crippen molar-refractivity contribution in [1.82, 2.24) is 10.3 Å². The minimum Gasteiger partial charge on any atom is -0.497 e. The number of thioether (sulfide) groups is 1. The average molecular weight is 704 g/mol. The quantitative estimate of drug-likeness (QED) is 0.0939. The van der Waals surface area contributed by atoms with Gasteiger partial charge in [0.15, 0.2) is 5.13 Å². The van der Waals surface area contributed by atoms with Crippen LogP contribution < -0.4 is 20.7 Å². The molecule has 0 bridgehead atoms. The predicted molar refractivity (Wildman–Crippen MR) is 191 cm³/mol. The van der Waals surface area contributed by atoms with Crippen molar-refractivity contribution in [3.05, 3.63) is 129 Å². The lowest BCUT2D eigenvalue weighted by atomic mass is 10.1. The van der Waals surface area contributed by atoms with Crippen molar-refractivity contribution >= 4 is 80.9 Å². The number of anilines is 2. The van der Waals surface area contributed by atoms with E-state index in [-0.39, 0.29) is 11.6 Å². The lowest BCUT2D eigenvalue weighted by molar-refractivity contribution is -0.115. The molecule has 0 saturated heterocycles. The molecule has 0 fully saturated rings. The third-order valence-electron chi connectivity index (χ3n) is 6.69. The zero-order chi connectivity index (χ0) is 33.3. The summed E-state index contributed by atoms with van der Waals surface area (Å²) in [4.78, 5) is 44.8. The number of carbonyl (C=O) groups is 3. The number of nitrogens with one attached hydrogen (secondary N) is 3. The minimum absolute atomic E-state index is 0.0219. The van der Waals surface area contributed by atoms with Crippen LogP contribution >= 0.6 is 46.3 Å². The summed E-state index contributed by atoms with van der Waals surface area (Å²) >= 11 is 15.1. The molecule has 5 rings (SSSR count). The molecule has 5 aromatic rings. The first-order valence-corrected chi connectivity index (χ1v) is 16.7. The highest BCUT2D eigenvalue weighted by atomic mass is 35.5. The Hall–Kier alpha value is -4.61. The maximum atomic E-state index is 13.5. The molecule has 1 heterocycles. The van der Waals surface area contributed by atoms with Crippen LogP contribution in [0.1, 0.15) is 22.8 Å². The Morgan fingerprint density at radius 2 is 1.68 bits per heavy atom. The molecule has 12 heteroatoms. The van der Waals surface area contributed by atoms with Gasteiger partial charge in [-0.3, -0.25) is 14.4 Å². The highest BCUT2D eigenvalue weighted by Gasteiger charge is 2.19. The van der Waals surface area contributed by atoms with E-state index in [4.69, 9.17) is 27.9 Å². The van der Waals surface area contributed by atoms with Gasteiger partial charge in [-0.15, -0.1) is 23.1 Å². The standard InChI is InChI=1S/C35H28Cl2N4O4S2/c1-21(32(42)41-35-40-31(20-46-35)22-12-15-27(45-2)16-13-22)47-28-10-6-9-26(19-28)38-34(44)30(17-24-11-14-25(36)18-29(24)37)39-33(43)23-7-4-3-5-8-23/h3-21H,1-2H3,(H,38,44)(H,39,43)(H,40,41,42)/b30-17+. The van der Waals surface area contributed by atoms with Crippen molar-refractivity contribution in [3.63, 3.8) is 0 Å². The Labute approximate surface area is 290 Å². The van der Waals surface area contributed by atoms with Crippen LogP contribution in [-0.4, -0.2) is 35.1 Å². The maximum absolute atomic E-state index is 13.5. The SMILES string of the molecule is COc1ccc(-c2csc(NC(=O)C(C)Sc3cccc(NC(=O)/C(=C\c4ccc(Cl)cc4Cl)NC(=O)c4ccccc4)c3)n2)cc1. The number of benzene rings is 4. The Morgan fingerprint density at radius 1 is 0.915 bits per heavy atom. The van der Waals surface area contributed by atoms with E-state index in [9.17, 15) is 14.4 Å². The number of nitrogens with zero attached hydrogens (tertiary/aromatic N) is 1. The number of amides is 3. The van der Waals surface area contributed by atoms with Gasteiger partial charge in [-0.1, -0.05) is 53.5 Å². The summed E-state index contributed by atoms with van der Waals surface area (Å²) in [5, 5.41) is 11.1. The number of carbonyl (C=O) groups excluding carboxylic acids is 3. The number of hydrogen-bond acceptors (Lipinski definition) is 7. The molecule has 0 radical (unpaired) electrons. The van der Waals surface area contributed by atoms with Gasteiger partial charge in [0.2, 0.25) is 5.91 Å². The van der Waals surface area contributed by atoms with Gasteiger partial charge in [-0.2, -0.15) is 0 Å². The first-order chi connectivity index (χ1) is 22.7. The van der Waals surface area contributed by atoms with E-state index >= 15 is 0 Å². The van der Waals surface area contributed by atoms with Crippen LogP contribution in [0.2, 0.25) is 10.0 Å². The summed E-state index contributed by atoms with van der Waals surface area (Å²) in [7, 11) is 1.61. The minimum atomic E-state index is -0.565. The van der Waals surface area contributed by atoms with Gasteiger partial charge in [0.1, 0.15) is 11.4 Å². The van der Waals surface area contributed by atoms with Gasteiger partial charge in [0.05, 0.1) is 18.1 Å². The molecule has 3 N–H and O–H groups in total. The largest absolute Gasteiger partial charge is 0.497 e. The van der Waals surface area contributed by atoms with Crippen molar-refractivity contribution in [2.45, 2.75) is 17.1 Å². The van der Waals surface area contributed by atoms with Crippen LogP contribution in [0, 0.1) is 0 Å². The maximum Gasteiger partial charge on any atom is 0.272 e. The van der Waals surface area contributed by atoms with Crippen molar-refractivity contribution in [3.8, 4) is 17.0 Å². The van der Waals surface area contributed by atoms with Gasteiger partial charge >= 0.3 is 0 Å². The molecule has 1 aromatic heterocycles. The Bertz CT molecular complexity index is 1930. The first-order valence-electron chi connectivity index (χ1n) is 14.2. The van der Waals surface area contributed by atoms with E-state index in [0.29, 0.717) is 32.0 Å². The fraction of sp³-hybridized carbons (Fsp3) is 0.0857. The summed E-state index contributed by atoms with van der Waals surface area (Å²) in [6, 6.07) is 28.0. The van der Waals surface area contributed by atoms with Gasteiger partial charge in [-0.05, 0) is 85.3 Å². The molecular weight excluding hydrogens is 675 g/mol. The number of rotatable bonds is 11. The van der Waals surface area contributed by atoms with Gasteiger partial charge in [0, 0.05) is 37.1 Å². The second kappa shape index (κ2) is 15.8. The summed E-state index contributed by atoms with van der Waals surface area (Å²) in [6.07, 6.45) is 1.48. The second-order valence-corrected chi connectivity index (χ2v) is 13.2. The molecule has 238 valence electrons. The van der Waals surface area contributed by atoms with Crippen LogP contribution in [0.5, 0.6) is 5.75 Å². The third kappa shape index (κ3) is 9.24. The average Bonchev–Trinajstić information content (AvgIpc) is 3.54. The smallest absolute Gasteiger partial charge is 0.272 e. The van der Waals surface area contributed by atoms with Crippen LogP contribution in [0.4, 0.5) is 10.8 Å². The second-order valence-electron chi connectivity index (χ2n) is 10.0. The summed E-state index contributed by atoms with van der Waals surface area (Å²) < 4.78 is 5.21. The normalized spacial score (nSPS) is 11.8. The van der Waals surface area contributed by atoms with Crippen molar-refractivity contribution in [2.75, 3.05) is 17.7 Å². The lowest BCUT2D eigenvalue weighted by Gasteiger charge is -2.14. The van der Waals surface area contributed by atoms with Gasteiger partial charge < -0.3 is 20.7 Å². The van der Waals surface area contributed by atoms with Crippen LogP contribution in [0.25, 0.3) is 17.3 Å². The molecule has 1 atom stereocenters. The topological polar surface area (TPSA) is 109 Å². The highest BCUT2D eigenvalue weighted by molar-refractivity contribution is 8.00. The molecule has 0 aliphatic rings. The zero-order valence-electron chi connectivity index (χ0n) is 25.1. The van der Waals surface area contributed by atoms with Gasteiger partial charge in [0.25, 0.3) is 11.8 Å². The molecule has 0 aliphatic heterocycles. The molecule has 0 saturated carbocycles. The van der Waals surface area contributed by atoms with E-state index in [1.54, 1.807) is 80.8 Å². The number of aromatic nitrogens is 1. The Kier molecular flexibility index (Phi) is 11.3. The number of methoxy groups -OCH3 is 1. The molecular formula is C35H28Cl2N4O4S2. The Balaban J connectivity index is 1.26. The first kappa shape index (κ1) is 33.7. The summed E-state index contributed by atoms with van der Waals surface area (Å²) in [6.45, 7) is 1.79. The lowest BCUT2D eigenvalue weighted by Crippen LogP contribution is -2.30. The van der Waals surface area contributed by atoms with E-state index in [1.807, 2.05) is 35.7 Å². The number of halogens is 2. The molecule has 8 nitrogen and oxygen atoms in total. The summed E-state index contributed by atoms with van der Waals surface area (Å²) in [5.74, 6) is -0.488. The van der Waals surface area contributed by atoms with Crippen molar-refractivity contribution in [1.29, 1.82) is 0 Å². The molecule has 0 spiro atoms. The van der Waals surface area contributed by atoms with Gasteiger partial charge in [-0.25, -0.2) is 4.98 Å². The van der Waals surface area contributed by atoms with Crippen LogP contribution in [-0.2, 0) is 9.59 Å². The monoisotopic (exact) mass is 702 g/mol. The molecule has 0 aliphatic carbocycles. The highest BCUT2D eigenvalue weighted by Crippen LogP contribution is 2.30. The van der Waals surface area contributed by atoms with E-state index in [0.717, 1.165) is 21.9 Å². The molecule has 4 aromatic carbocycles. The number of ether oxygens (including phenoxy) is 1. The Morgan fingerprint density at radius 3 is 2.40 bits per heavy atom. The third-order valence-corrected chi connectivity index (χ3v) is 9.10. The van der Waals surface area contributed by atoms with E-state index < -0.39 is 17.1 Å². The van der Waals surface area contributed by atoms with Crippen molar-refractivity contribution < 1.29 is 19.1 Å². The number of hydrogen-bond donors (Lipinski definition) is 3. The molecule has 3 amide bonds. The molecule has 47 heavy (non-hydrogen) atoms. The van der Waals surface area contributed by atoms with Crippen molar-refractivity contribution in [2.24, 2.45) is 0 Å². The fourth-order valence-electron chi connectivity index (χ4n) is 4.25. The fourth-order valence-corrected chi connectivity index (χ4v) is 6.36. The number of thiazole rings is 1. The zero-order valence-corrected chi connectivity index (χ0v) is 28.3. The van der Waals surface area contributed by atoms with Crippen LogP contribution in [0.3, 0.4) is 0 Å². The predicted octanol–water partition coefficient (Wildman–Crippen LogP) is 8.65. The van der Waals surface area contributed by atoms with Crippen LogP contribution in [0.15, 0.2) is 113 Å². The van der Waals surface area contributed by atoms with E-state index in [2.05, 4.69) is 20.9 Å². The summed E-state index contributed by atoms with van der Waals surface area (Å²) in [5.41, 5.74) is 3.00. The molecule has 1 unspecified atom stereocenters. The van der Waals surface area contributed by atoms with E-state index in [1.165, 1.54) is 29.2 Å².